The van der Waals surface area contributed by atoms with E-state index in [0.29, 0.717) is 6.54 Å². The summed E-state index contributed by atoms with van der Waals surface area (Å²) in [7, 11) is 0. The van der Waals surface area contributed by atoms with Crippen molar-refractivity contribution in [2.45, 2.75) is 43.9 Å². The molecule has 0 aliphatic rings. The monoisotopic (exact) mass is 407 g/mol. The lowest BCUT2D eigenvalue weighted by atomic mass is 9.90. The summed E-state index contributed by atoms with van der Waals surface area (Å²) in [5, 5.41) is 11.9. The average molecular weight is 407 g/mol. The van der Waals surface area contributed by atoms with Crippen molar-refractivity contribution in [3.8, 4) is 6.07 Å². The Morgan fingerprint density at radius 3 is 2.39 bits per heavy atom. The van der Waals surface area contributed by atoms with Gasteiger partial charge in [0.1, 0.15) is 11.1 Å². The van der Waals surface area contributed by atoms with Crippen LogP contribution in [-0.2, 0) is 22.9 Å². The van der Waals surface area contributed by atoms with Gasteiger partial charge in [-0.3, -0.25) is 4.79 Å². The van der Waals surface area contributed by atoms with Crippen LogP contribution in [0.5, 0.6) is 0 Å². The summed E-state index contributed by atoms with van der Waals surface area (Å²) in [5.41, 5.74) is -1.10. The van der Waals surface area contributed by atoms with Crippen LogP contribution in [0.15, 0.2) is 41.4 Å². The van der Waals surface area contributed by atoms with Crippen LogP contribution in [0.3, 0.4) is 0 Å². The number of rotatable bonds is 5. The number of halogens is 3. The molecule has 0 saturated heterocycles. The molecule has 0 bridgehead atoms. The van der Waals surface area contributed by atoms with Crippen LogP contribution in [0.4, 0.5) is 13.2 Å². The highest BCUT2D eigenvalue weighted by molar-refractivity contribution is 8.00. The van der Waals surface area contributed by atoms with Gasteiger partial charge in [-0.15, -0.1) is 0 Å². The molecule has 0 spiro atoms. The third-order valence-electron chi connectivity index (χ3n) is 3.84. The van der Waals surface area contributed by atoms with Crippen molar-refractivity contribution >= 4 is 17.7 Å². The molecule has 1 aromatic carbocycles. The minimum absolute atomic E-state index is 0.0860. The first-order valence-electron chi connectivity index (χ1n) is 8.48. The average Bonchev–Trinajstić information content (AvgIpc) is 2.63. The Balaban J connectivity index is 2.21. The number of carbonyl (C=O) groups is 1. The Morgan fingerprint density at radius 1 is 1.21 bits per heavy atom. The lowest BCUT2D eigenvalue weighted by Gasteiger charge is -2.21. The normalized spacial score (nSPS) is 11.8. The van der Waals surface area contributed by atoms with Gasteiger partial charge in [-0.2, -0.15) is 18.4 Å². The number of hydrogen-bond donors (Lipinski definition) is 1. The number of pyridine rings is 1. The quantitative estimate of drug-likeness (QED) is 0.731. The van der Waals surface area contributed by atoms with Gasteiger partial charge >= 0.3 is 6.18 Å². The number of thioether (sulfide) groups is 1. The molecular formula is C20H20F3N3OS. The van der Waals surface area contributed by atoms with Gasteiger partial charge in [0.25, 0.3) is 0 Å². The van der Waals surface area contributed by atoms with Gasteiger partial charge < -0.3 is 5.32 Å². The van der Waals surface area contributed by atoms with E-state index in [0.717, 1.165) is 23.4 Å². The summed E-state index contributed by atoms with van der Waals surface area (Å²) in [6.45, 7) is 5.53. The van der Waals surface area contributed by atoms with Crippen LogP contribution in [0, 0.1) is 11.3 Å². The van der Waals surface area contributed by atoms with E-state index in [1.165, 1.54) is 0 Å². The van der Waals surface area contributed by atoms with Crippen LogP contribution in [0.2, 0.25) is 0 Å². The molecule has 0 atom stereocenters. The molecule has 1 amide bonds. The maximum Gasteiger partial charge on any atom is 0.417 e. The van der Waals surface area contributed by atoms with Crippen LogP contribution in [0.1, 0.15) is 43.2 Å². The van der Waals surface area contributed by atoms with Gasteiger partial charge in [-0.05, 0) is 11.6 Å². The summed E-state index contributed by atoms with van der Waals surface area (Å²) < 4.78 is 40.3. The lowest BCUT2D eigenvalue weighted by Crippen LogP contribution is -2.25. The zero-order valence-corrected chi connectivity index (χ0v) is 16.5. The molecule has 2 aromatic rings. The molecule has 0 unspecified atom stereocenters. The fourth-order valence-electron chi connectivity index (χ4n) is 2.32. The zero-order chi connectivity index (χ0) is 20.9. The third kappa shape index (κ3) is 5.73. The highest BCUT2D eigenvalue weighted by atomic mass is 32.2. The Bertz CT molecular complexity index is 885. The SMILES string of the molecule is CC(C)(C)c1cc(C(F)(F)F)c(C#N)c(SCC(=O)NCc2ccccc2)n1. The van der Waals surface area contributed by atoms with E-state index in [4.69, 9.17) is 0 Å². The predicted molar refractivity (Wildman–Crippen MR) is 102 cm³/mol. The number of benzene rings is 1. The Labute approximate surface area is 166 Å². The molecule has 0 saturated carbocycles. The molecular weight excluding hydrogens is 387 g/mol. The number of carbonyl (C=O) groups excluding carboxylic acids is 1. The highest BCUT2D eigenvalue weighted by Gasteiger charge is 2.37. The van der Waals surface area contributed by atoms with Gasteiger partial charge in [0, 0.05) is 17.7 Å². The van der Waals surface area contributed by atoms with Gasteiger partial charge in [0.2, 0.25) is 5.91 Å². The molecule has 0 radical (unpaired) electrons. The van der Waals surface area contributed by atoms with E-state index in [9.17, 15) is 23.2 Å². The number of nitrogens with one attached hydrogen (secondary N) is 1. The largest absolute Gasteiger partial charge is 0.417 e. The predicted octanol–water partition coefficient (Wildman–Crippen LogP) is 4.68. The van der Waals surface area contributed by atoms with Gasteiger partial charge in [0.05, 0.1) is 16.9 Å². The van der Waals surface area contributed by atoms with Gasteiger partial charge in [-0.25, -0.2) is 4.98 Å². The number of aromatic nitrogens is 1. The van der Waals surface area contributed by atoms with E-state index in [-0.39, 0.29) is 22.4 Å². The molecule has 148 valence electrons. The smallest absolute Gasteiger partial charge is 0.351 e. The van der Waals surface area contributed by atoms with E-state index in [1.54, 1.807) is 26.8 Å². The summed E-state index contributed by atoms with van der Waals surface area (Å²) in [5.74, 6) is -0.492. The maximum absolute atomic E-state index is 13.4. The first-order chi connectivity index (χ1) is 13.0. The van der Waals surface area contributed by atoms with E-state index < -0.39 is 22.7 Å². The molecule has 4 nitrogen and oxygen atoms in total. The molecule has 28 heavy (non-hydrogen) atoms. The molecule has 1 N–H and O–H groups in total. The fourth-order valence-corrected chi connectivity index (χ4v) is 3.16. The van der Waals surface area contributed by atoms with E-state index in [1.807, 2.05) is 30.3 Å². The summed E-state index contributed by atoms with van der Waals surface area (Å²) in [6, 6.07) is 11.8. The second kappa shape index (κ2) is 8.65. The Kier molecular flexibility index (Phi) is 6.73. The standard InChI is InChI=1S/C20H20F3N3OS/c1-19(2,3)16-9-15(20(21,22)23)14(10-24)18(26-16)28-12-17(27)25-11-13-7-5-4-6-8-13/h4-9H,11-12H2,1-3H3,(H,25,27). The maximum atomic E-state index is 13.4. The number of nitriles is 1. The minimum atomic E-state index is -4.68. The van der Waals surface area contributed by atoms with Crippen molar-refractivity contribution < 1.29 is 18.0 Å². The summed E-state index contributed by atoms with van der Waals surface area (Å²) >= 11 is 0.830. The van der Waals surface area contributed by atoms with Gasteiger partial charge in [0.15, 0.2) is 0 Å². The Hall–Kier alpha value is -2.53. The first kappa shape index (κ1) is 21.8. The van der Waals surface area contributed by atoms with Crippen molar-refractivity contribution in [3.63, 3.8) is 0 Å². The van der Waals surface area contributed by atoms with Crippen LogP contribution < -0.4 is 5.32 Å². The minimum Gasteiger partial charge on any atom is -0.351 e. The van der Waals surface area contributed by atoms with Crippen LogP contribution >= 0.6 is 11.8 Å². The first-order valence-corrected chi connectivity index (χ1v) is 9.47. The van der Waals surface area contributed by atoms with Crippen molar-refractivity contribution in [1.29, 1.82) is 5.26 Å². The zero-order valence-electron chi connectivity index (χ0n) is 15.7. The summed E-state index contributed by atoms with van der Waals surface area (Å²) in [6.07, 6.45) is -4.68. The van der Waals surface area contributed by atoms with Gasteiger partial charge in [-0.1, -0.05) is 62.9 Å². The summed E-state index contributed by atoms with van der Waals surface area (Å²) in [4.78, 5) is 16.3. The highest BCUT2D eigenvalue weighted by Crippen LogP contribution is 2.38. The van der Waals surface area contributed by atoms with Crippen LogP contribution in [0.25, 0.3) is 0 Å². The van der Waals surface area contributed by atoms with Crippen molar-refractivity contribution in [1.82, 2.24) is 10.3 Å². The Morgan fingerprint density at radius 2 is 1.86 bits per heavy atom. The number of alkyl halides is 3. The third-order valence-corrected chi connectivity index (χ3v) is 4.82. The number of nitrogens with zero attached hydrogens (tertiary/aromatic N) is 2. The molecule has 0 fully saturated rings. The fraction of sp³-hybridized carbons (Fsp3) is 0.350. The number of hydrogen-bond acceptors (Lipinski definition) is 4. The van der Waals surface area contributed by atoms with Crippen LogP contribution in [-0.4, -0.2) is 16.6 Å². The number of amides is 1. The molecule has 0 aliphatic heterocycles. The van der Waals surface area contributed by atoms with Crippen molar-refractivity contribution in [2.75, 3.05) is 5.75 Å². The van der Waals surface area contributed by atoms with Crippen molar-refractivity contribution in [2.24, 2.45) is 0 Å². The van der Waals surface area contributed by atoms with E-state index >= 15 is 0 Å². The van der Waals surface area contributed by atoms with Crippen molar-refractivity contribution in [3.05, 3.63) is 58.8 Å². The molecule has 8 heteroatoms. The van der Waals surface area contributed by atoms with E-state index in [2.05, 4.69) is 10.3 Å². The molecule has 2 rings (SSSR count). The second-order valence-corrected chi connectivity index (χ2v) is 8.11. The molecule has 1 aromatic heterocycles. The molecule has 1 heterocycles. The lowest BCUT2D eigenvalue weighted by molar-refractivity contribution is -0.138. The topological polar surface area (TPSA) is 65.8 Å². The molecule has 0 aliphatic carbocycles. The second-order valence-electron chi connectivity index (χ2n) is 7.15.